The Hall–Kier alpha value is -2.26. The van der Waals surface area contributed by atoms with Crippen molar-refractivity contribution >= 4 is 11.5 Å². The van der Waals surface area contributed by atoms with Crippen molar-refractivity contribution in [3.63, 3.8) is 0 Å². The summed E-state index contributed by atoms with van der Waals surface area (Å²) in [5.74, 6) is 0.379. The lowest BCUT2D eigenvalue weighted by molar-refractivity contribution is -0.0613. The molecule has 2 heterocycles. The number of ether oxygens (including phenoxy) is 2. The van der Waals surface area contributed by atoms with Gasteiger partial charge in [-0.25, -0.2) is 4.79 Å². The number of nitrogens with one attached hydrogen (secondary N) is 1. The second-order valence-corrected chi connectivity index (χ2v) is 5.50. The average Bonchev–Trinajstić information content (AvgIpc) is 2.85. The van der Waals surface area contributed by atoms with Gasteiger partial charge in [0.1, 0.15) is 24.1 Å². The number of anilines is 2. The molecule has 1 unspecified atom stereocenters. The molecule has 1 aliphatic rings. The summed E-state index contributed by atoms with van der Waals surface area (Å²) in [6.45, 7) is 0.116. The van der Waals surface area contributed by atoms with E-state index in [0.29, 0.717) is 5.82 Å². The first-order chi connectivity index (χ1) is 11.6. The molecule has 0 saturated carbocycles. The van der Waals surface area contributed by atoms with Crippen LogP contribution in [0.5, 0.6) is 0 Å². The van der Waals surface area contributed by atoms with Gasteiger partial charge in [0.05, 0.1) is 6.61 Å². The van der Waals surface area contributed by atoms with E-state index in [1.165, 1.54) is 13.3 Å². The highest BCUT2D eigenvalue weighted by atomic mass is 16.6. The molecule has 4 atom stereocenters. The van der Waals surface area contributed by atoms with Gasteiger partial charge in [-0.05, 0) is 18.2 Å². The third-order valence-corrected chi connectivity index (χ3v) is 3.82. The molecule has 0 bridgehead atoms. The summed E-state index contributed by atoms with van der Waals surface area (Å²) in [6, 6.07) is 10.9. The Bertz CT molecular complexity index is 736. The highest BCUT2D eigenvalue weighted by molar-refractivity contribution is 5.54. The van der Waals surface area contributed by atoms with Gasteiger partial charge in [0.15, 0.2) is 6.23 Å². The topological polar surface area (TPSA) is 106 Å². The number of rotatable bonds is 5. The molecule has 1 aromatic heterocycles. The summed E-state index contributed by atoms with van der Waals surface area (Å²) in [6.07, 6.45) is -2.62. The molecule has 3 rings (SSSR count). The van der Waals surface area contributed by atoms with Gasteiger partial charge in [-0.3, -0.25) is 4.57 Å². The number of aromatic nitrogens is 2. The van der Waals surface area contributed by atoms with Gasteiger partial charge in [-0.15, -0.1) is 0 Å². The van der Waals surface area contributed by atoms with Crippen molar-refractivity contribution in [2.24, 2.45) is 0 Å². The standard InChI is InChI=1S/C16H19N3O5/c1-23-9-11-13(20)14(21)15(24-11)19-8-7-12(18-16(19)22)17-10-5-3-2-4-6-10/h2-8,11,13-15,20-21H,9H2,1H3,(H,17,18,22)/t11-,13?,14+,15-/m1/s1. The van der Waals surface area contributed by atoms with Crippen molar-refractivity contribution in [3.8, 4) is 0 Å². The predicted octanol–water partition coefficient (Wildman–Crippen LogP) is 0.253. The second kappa shape index (κ2) is 7.10. The summed E-state index contributed by atoms with van der Waals surface area (Å²) in [5, 5.41) is 23.1. The molecule has 1 aromatic carbocycles. The number of aliphatic hydroxyl groups is 2. The molecule has 0 amide bonds. The van der Waals surface area contributed by atoms with E-state index in [-0.39, 0.29) is 6.61 Å². The number of hydrogen-bond donors (Lipinski definition) is 3. The Balaban J connectivity index is 1.79. The van der Waals surface area contributed by atoms with Crippen LogP contribution in [-0.2, 0) is 9.47 Å². The van der Waals surface area contributed by atoms with E-state index in [1.54, 1.807) is 6.07 Å². The molecule has 0 radical (unpaired) electrons. The predicted molar refractivity (Wildman–Crippen MR) is 86.0 cm³/mol. The van der Waals surface area contributed by atoms with Gasteiger partial charge in [0.25, 0.3) is 0 Å². The number of aliphatic hydroxyl groups excluding tert-OH is 2. The maximum atomic E-state index is 12.2. The van der Waals surface area contributed by atoms with Crippen molar-refractivity contribution in [1.29, 1.82) is 0 Å². The van der Waals surface area contributed by atoms with Crippen molar-refractivity contribution in [1.82, 2.24) is 9.55 Å². The van der Waals surface area contributed by atoms with Crippen LogP contribution in [-0.4, -0.2) is 51.8 Å². The van der Waals surface area contributed by atoms with E-state index in [0.717, 1.165) is 10.3 Å². The summed E-state index contributed by atoms with van der Waals surface area (Å²) in [4.78, 5) is 16.2. The fourth-order valence-electron chi connectivity index (χ4n) is 2.61. The Kier molecular flexibility index (Phi) is 4.91. The summed E-state index contributed by atoms with van der Waals surface area (Å²) < 4.78 is 11.6. The third-order valence-electron chi connectivity index (χ3n) is 3.82. The van der Waals surface area contributed by atoms with Gasteiger partial charge in [-0.2, -0.15) is 4.98 Å². The zero-order valence-corrected chi connectivity index (χ0v) is 13.1. The van der Waals surface area contributed by atoms with Gasteiger partial charge in [0, 0.05) is 19.0 Å². The van der Waals surface area contributed by atoms with E-state index in [2.05, 4.69) is 10.3 Å². The molecule has 2 aromatic rings. The highest BCUT2D eigenvalue weighted by Crippen LogP contribution is 2.28. The SMILES string of the molecule is COC[C@H]1O[C@@H](n2ccc(Nc3ccccc3)nc2=O)[C@@H](O)C1O. The van der Waals surface area contributed by atoms with Crippen LogP contribution >= 0.6 is 0 Å². The molecular formula is C16H19N3O5. The zero-order chi connectivity index (χ0) is 17.1. The number of methoxy groups -OCH3 is 1. The Labute approximate surface area is 138 Å². The molecular weight excluding hydrogens is 314 g/mol. The lowest BCUT2D eigenvalue weighted by Crippen LogP contribution is -2.36. The first-order valence-corrected chi connectivity index (χ1v) is 7.52. The van der Waals surface area contributed by atoms with Gasteiger partial charge in [-0.1, -0.05) is 18.2 Å². The van der Waals surface area contributed by atoms with E-state index in [9.17, 15) is 15.0 Å². The van der Waals surface area contributed by atoms with Crippen molar-refractivity contribution in [2.75, 3.05) is 19.0 Å². The third kappa shape index (κ3) is 3.31. The largest absolute Gasteiger partial charge is 0.387 e. The fourth-order valence-corrected chi connectivity index (χ4v) is 2.61. The van der Waals surface area contributed by atoms with E-state index < -0.39 is 30.2 Å². The molecule has 0 aliphatic carbocycles. The molecule has 1 aliphatic heterocycles. The van der Waals surface area contributed by atoms with Gasteiger partial charge < -0.3 is 25.0 Å². The van der Waals surface area contributed by atoms with Gasteiger partial charge in [0.2, 0.25) is 0 Å². The van der Waals surface area contributed by atoms with Gasteiger partial charge >= 0.3 is 5.69 Å². The number of hydrogen-bond acceptors (Lipinski definition) is 7. The lowest BCUT2D eigenvalue weighted by Gasteiger charge is -2.17. The maximum Gasteiger partial charge on any atom is 0.351 e. The number of para-hydroxylation sites is 1. The number of benzene rings is 1. The van der Waals surface area contributed by atoms with E-state index >= 15 is 0 Å². The minimum atomic E-state index is -1.24. The molecule has 24 heavy (non-hydrogen) atoms. The van der Waals surface area contributed by atoms with Crippen LogP contribution in [0.2, 0.25) is 0 Å². The van der Waals surface area contributed by atoms with E-state index in [4.69, 9.17) is 9.47 Å². The Morgan fingerprint density at radius 2 is 2.00 bits per heavy atom. The quantitative estimate of drug-likeness (QED) is 0.720. The van der Waals surface area contributed by atoms with Crippen molar-refractivity contribution < 1.29 is 19.7 Å². The minimum absolute atomic E-state index is 0.116. The minimum Gasteiger partial charge on any atom is -0.387 e. The summed E-state index contributed by atoms with van der Waals surface area (Å²) >= 11 is 0. The molecule has 3 N–H and O–H groups in total. The first-order valence-electron chi connectivity index (χ1n) is 7.52. The molecule has 0 spiro atoms. The van der Waals surface area contributed by atoms with Crippen LogP contribution < -0.4 is 11.0 Å². The first kappa shape index (κ1) is 16.6. The Morgan fingerprint density at radius 3 is 2.67 bits per heavy atom. The zero-order valence-electron chi connectivity index (χ0n) is 13.1. The molecule has 1 fully saturated rings. The van der Waals surface area contributed by atoms with E-state index in [1.807, 2.05) is 30.3 Å². The smallest absolute Gasteiger partial charge is 0.351 e. The monoisotopic (exact) mass is 333 g/mol. The second-order valence-electron chi connectivity index (χ2n) is 5.50. The van der Waals surface area contributed by atoms with Crippen molar-refractivity contribution in [2.45, 2.75) is 24.5 Å². The molecule has 8 heteroatoms. The summed E-state index contributed by atoms with van der Waals surface area (Å²) in [7, 11) is 1.47. The van der Waals surface area contributed by atoms with Crippen LogP contribution in [0.15, 0.2) is 47.4 Å². The maximum absolute atomic E-state index is 12.2. The highest BCUT2D eigenvalue weighted by Gasteiger charge is 2.44. The lowest BCUT2D eigenvalue weighted by atomic mass is 10.1. The summed E-state index contributed by atoms with van der Waals surface area (Å²) in [5.41, 5.74) is 0.208. The van der Waals surface area contributed by atoms with Crippen molar-refractivity contribution in [3.05, 3.63) is 53.1 Å². The Morgan fingerprint density at radius 1 is 1.25 bits per heavy atom. The van der Waals surface area contributed by atoms with Crippen LogP contribution in [0.4, 0.5) is 11.5 Å². The molecule has 1 saturated heterocycles. The normalized spacial score (nSPS) is 26.5. The molecule has 8 nitrogen and oxygen atoms in total. The molecule has 128 valence electrons. The van der Waals surface area contributed by atoms with Crippen LogP contribution in [0.25, 0.3) is 0 Å². The fraction of sp³-hybridized carbons (Fsp3) is 0.375. The van der Waals surface area contributed by atoms with Crippen LogP contribution in [0, 0.1) is 0 Å². The average molecular weight is 333 g/mol. The van der Waals surface area contributed by atoms with Crippen LogP contribution in [0.1, 0.15) is 6.23 Å². The number of nitrogens with zero attached hydrogens (tertiary/aromatic N) is 2. The van der Waals surface area contributed by atoms with Crippen LogP contribution in [0.3, 0.4) is 0 Å².